The normalized spacial score (nSPS) is 13.6. The third kappa shape index (κ3) is 1.24. The molecule has 0 aliphatic carbocycles. The van der Waals surface area contributed by atoms with Crippen LogP contribution in [0.25, 0.3) is 10.8 Å². The molecule has 0 aromatic heterocycles. The van der Waals surface area contributed by atoms with Crippen molar-refractivity contribution in [1.82, 2.24) is 5.32 Å². The van der Waals surface area contributed by atoms with Crippen molar-refractivity contribution in [3.63, 3.8) is 0 Å². The molecule has 18 heavy (non-hydrogen) atoms. The van der Waals surface area contributed by atoms with Gasteiger partial charge in [-0.1, -0.05) is 12.1 Å². The van der Waals surface area contributed by atoms with Crippen molar-refractivity contribution in [2.24, 2.45) is 0 Å². The molecule has 1 aliphatic rings. The third-order valence-electron chi connectivity index (χ3n) is 2.99. The Balaban J connectivity index is 2.53. The second kappa shape index (κ2) is 3.40. The fourth-order valence-corrected chi connectivity index (χ4v) is 2.21. The number of hydrogen-bond donors (Lipinski definition) is 2. The number of carboxylic acid groups (broad SMARTS) is 1. The van der Waals surface area contributed by atoms with Gasteiger partial charge in [-0.25, -0.2) is 4.79 Å². The molecule has 1 heterocycles. The molecule has 2 amide bonds. The van der Waals surface area contributed by atoms with Crippen LogP contribution in [-0.2, 0) is 0 Å². The maximum Gasteiger partial charge on any atom is 0.336 e. The minimum atomic E-state index is -1.09. The lowest BCUT2D eigenvalue weighted by Gasteiger charge is -2.17. The van der Waals surface area contributed by atoms with E-state index in [1.165, 1.54) is 12.1 Å². The lowest BCUT2D eigenvalue weighted by molar-refractivity contribution is 0.0697. The van der Waals surface area contributed by atoms with E-state index in [4.69, 9.17) is 5.11 Å². The van der Waals surface area contributed by atoms with Crippen molar-refractivity contribution < 1.29 is 19.5 Å². The van der Waals surface area contributed by atoms with Crippen molar-refractivity contribution >= 4 is 28.6 Å². The van der Waals surface area contributed by atoms with Crippen molar-refractivity contribution in [3.05, 3.63) is 47.0 Å². The van der Waals surface area contributed by atoms with E-state index in [2.05, 4.69) is 5.32 Å². The maximum atomic E-state index is 11.7. The van der Waals surface area contributed by atoms with Gasteiger partial charge in [0.1, 0.15) is 0 Å². The summed E-state index contributed by atoms with van der Waals surface area (Å²) in [5.41, 5.74) is 0.730. The highest BCUT2D eigenvalue weighted by atomic mass is 16.4. The number of carboxylic acids is 1. The summed E-state index contributed by atoms with van der Waals surface area (Å²) in [4.78, 5) is 34.5. The largest absolute Gasteiger partial charge is 0.478 e. The monoisotopic (exact) mass is 241 g/mol. The van der Waals surface area contributed by atoms with Gasteiger partial charge in [-0.2, -0.15) is 0 Å². The summed E-state index contributed by atoms with van der Waals surface area (Å²) in [6.07, 6.45) is 0. The van der Waals surface area contributed by atoms with E-state index < -0.39 is 17.8 Å². The number of carbonyl (C=O) groups is 3. The van der Waals surface area contributed by atoms with Crippen LogP contribution in [-0.4, -0.2) is 22.9 Å². The molecule has 88 valence electrons. The average molecular weight is 241 g/mol. The van der Waals surface area contributed by atoms with Crippen molar-refractivity contribution in [3.8, 4) is 0 Å². The highest BCUT2D eigenvalue weighted by Crippen LogP contribution is 2.29. The Morgan fingerprint density at radius 3 is 2.33 bits per heavy atom. The fourth-order valence-electron chi connectivity index (χ4n) is 2.21. The number of rotatable bonds is 1. The van der Waals surface area contributed by atoms with Crippen LogP contribution in [0.5, 0.6) is 0 Å². The van der Waals surface area contributed by atoms with E-state index in [0.29, 0.717) is 21.9 Å². The lowest BCUT2D eigenvalue weighted by Crippen LogP contribution is -2.34. The highest BCUT2D eigenvalue weighted by Gasteiger charge is 2.26. The molecule has 1 aliphatic heterocycles. The smallest absolute Gasteiger partial charge is 0.336 e. The molecule has 3 rings (SSSR count). The first-order chi connectivity index (χ1) is 8.59. The van der Waals surface area contributed by atoms with Crippen molar-refractivity contribution in [1.29, 1.82) is 0 Å². The first-order valence-electron chi connectivity index (χ1n) is 5.24. The van der Waals surface area contributed by atoms with Crippen molar-refractivity contribution in [2.75, 3.05) is 0 Å². The van der Waals surface area contributed by atoms with Gasteiger partial charge in [0.2, 0.25) is 0 Å². The number of hydrogen-bond acceptors (Lipinski definition) is 3. The van der Waals surface area contributed by atoms with Gasteiger partial charge in [0.25, 0.3) is 11.8 Å². The number of benzene rings is 2. The molecule has 2 N–H and O–H groups in total. The van der Waals surface area contributed by atoms with E-state index in [-0.39, 0.29) is 5.56 Å². The van der Waals surface area contributed by atoms with E-state index in [0.717, 1.165) is 0 Å². The van der Waals surface area contributed by atoms with E-state index in [1.807, 2.05) is 0 Å². The van der Waals surface area contributed by atoms with Gasteiger partial charge >= 0.3 is 5.97 Å². The predicted octanol–water partition coefficient (Wildman–Crippen LogP) is 1.42. The molecule has 2 aromatic carbocycles. The zero-order valence-electron chi connectivity index (χ0n) is 9.06. The van der Waals surface area contributed by atoms with Crippen LogP contribution in [0.15, 0.2) is 30.3 Å². The number of nitrogens with one attached hydrogen (secondary N) is 1. The zero-order chi connectivity index (χ0) is 12.9. The summed E-state index contributed by atoms with van der Waals surface area (Å²) in [5, 5.41) is 12.1. The second-order valence-electron chi connectivity index (χ2n) is 3.98. The summed E-state index contributed by atoms with van der Waals surface area (Å²) in [6, 6.07) is 7.57. The van der Waals surface area contributed by atoms with E-state index >= 15 is 0 Å². The molecule has 0 spiro atoms. The van der Waals surface area contributed by atoms with E-state index in [1.54, 1.807) is 18.2 Å². The van der Waals surface area contributed by atoms with Crippen LogP contribution in [0.2, 0.25) is 0 Å². The molecule has 5 heteroatoms. The summed E-state index contributed by atoms with van der Waals surface area (Å²) in [7, 11) is 0. The Hall–Kier alpha value is -2.69. The molecular weight excluding hydrogens is 234 g/mol. The van der Waals surface area contributed by atoms with Crippen LogP contribution in [0.4, 0.5) is 0 Å². The summed E-state index contributed by atoms with van der Waals surface area (Å²) in [6.45, 7) is 0. The van der Waals surface area contributed by atoms with Crippen LogP contribution < -0.4 is 5.32 Å². The zero-order valence-corrected chi connectivity index (χ0v) is 9.06. The first-order valence-corrected chi connectivity index (χ1v) is 5.24. The number of carbonyl (C=O) groups excluding carboxylic acids is 2. The van der Waals surface area contributed by atoms with Gasteiger partial charge in [-0.3, -0.25) is 14.9 Å². The molecule has 0 unspecified atom stereocenters. The first kappa shape index (κ1) is 10.5. The van der Waals surface area contributed by atoms with Crippen LogP contribution in [0.1, 0.15) is 31.1 Å². The highest BCUT2D eigenvalue weighted by molar-refractivity contribution is 6.27. The summed E-state index contributed by atoms with van der Waals surface area (Å²) < 4.78 is 0. The summed E-state index contributed by atoms with van der Waals surface area (Å²) >= 11 is 0. The number of imide groups is 1. The van der Waals surface area contributed by atoms with Gasteiger partial charge < -0.3 is 5.11 Å². The molecule has 0 saturated heterocycles. The standard InChI is InChI=1S/C13H7NO4/c15-11-8-3-1-2-6-7(13(17)18)4-5-9(10(6)8)12(16)14-11/h1-5H,(H,17,18)(H,14,15,16). The van der Waals surface area contributed by atoms with Crippen LogP contribution in [0, 0.1) is 0 Å². The topological polar surface area (TPSA) is 83.5 Å². The van der Waals surface area contributed by atoms with Gasteiger partial charge in [-0.15, -0.1) is 0 Å². The van der Waals surface area contributed by atoms with Gasteiger partial charge in [-0.05, 0) is 23.6 Å². The average Bonchev–Trinajstić information content (AvgIpc) is 2.34. The van der Waals surface area contributed by atoms with Crippen molar-refractivity contribution in [2.45, 2.75) is 0 Å². The third-order valence-corrected chi connectivity index (χ3v) is 2.99. The fraction of sp³-hybridized carbons (Fsp3) is 0. The maximum absolute atomic E-state index is 11.7. The SMILES string of the molecule is O=C(O)c1ccc2c3c(cccc13)C(=O)NC2=O. The van der Waals surface area contributed by atoms with E-state index in [9.17, 15) is 14.4 Å². The molecule has 2 aromatic rings. The predicted molar refractivity (Wildman–Crippen MR) is 62.7 cm³/mol. The summed E-state index contributed by atoms with van der Waals surface area (Å²) in [5.74, 6) is -2.08. The Kier molecular flexibility index (Phi) is 1.98. The Labute approximate surface area is 101 Å². The van der Waals surface area contributed by atoms with Gasteiger partial charge in [0.05, 0.1) is 5.56 Å². The van der Waals surface area contributed by atoms with Crippen LogP contribution >= 0.6 is 0 Å². The number of amides is 2. The Morgan fingerprint density at radius 2 is 1.67 bits per heavy atom. The lowest BCUT2D eigenvalue weighted by atomic mass is 9.92. The molecule has 0 atom stereocenters. The Morgan fingerprint density at radius 1 is 1.00 bits per heavy atom. The minimum absolute atomic E-state index is 0.0816. The quantitative estimate of drug-likeness (QED) is 0.739. The Bertz CT molecular complexity index is 713. The van der Waals surface area contributed by atoms with Gasteiger partial charge in [0, 0.05) is 16.5 Å². The van der Waals surface area contributed by atoms with Gasteiger partial charge in [0.15, 0.2) is 0 Å². The van der Waals surface area contributed by atoms with Crippen LogP contribution in [0.3, 0.4) is 0 Å². The molecule has 0 saturated carbocycles. The molecule has 0 fully saturated rings. The molecule has 5 nitrogen and oxygen atoms in total. The molecular formula is C13H7NO4. The molecule has 0 bridgehead atoms. The molecule has 0 radical (unpaired) electrons. The second-order valence-corrected chi connectivity index (χ2v) is 3.98. The minimum Gasteiger partial charge on any atom is -0.478 e. The number of aromatic carboxylic acids is 1.